The molecular weight excluding hydrogens is 286 g/mol. The normalized spacial score (nSPS) is 27.0. The Bertz CT molecular complexity index is 617. The highest BCUT2D eigenvalue weighted by Gasteiger charge is 2.31. The molecule has 0 radical (unpaired) electrons. The van der Waals surface area contributed by atoms with Crippen molar-refractivity contribution >= 4 is 5.65 Å². The summed E-state index contributed by atoms with van der Waals surface area (Å²) in [6, 6.07) is 6.16. The van der Waals surface area contributed by atoms with Gasteiger partial charge in [0.1, 0.15) is 5.65 Å². The molecule has 5 nitrogen and oxygen atoms in total. The van der Waals surface area contributed by atoms with Gasteiger partial charge in [-0.2, -0.15) is 0 Å². The topological polar surface area (TPSA) is 35.8 Å². The average molecular weight is 313 g/mol. The molecule has 0 saturated carbocycles. The van der Waals surface area contributed by atoms with E-state index in [0.717, 1.165) is 25.3 Å². The number of piperazine rings is 1. The Labute approximate surface area is 138 Å². The van der Waals surface area contributed by atoms with E-state index in [1.54, 1.807) is 0 Å². The molecule has 4 heterocycles. The zero-order chi connectivity index (χ0) is 15.7. The van der Waals surface area contributed by atoms with Crippen LogP contribution in [0.25, 0.3) is 5.65 Å². The minimum Gasteiger partial charge on any atom is -0.316 e. The lowest BCUT2D eigenvalue weighted by atomic mass is 9.89. The monoisotopic (exact) mass is 313 g/mol. The van der Waals surface area contributed by atoms with Crippen molar-refractivity contribution in [2.45, 2.75) is 19.9 Å². The van der Waals surface area contributed by atoms with Gasteiger partial charge in [-0.05, 0) is 30.5 Å². The summed E-state index contributed by atoms with van der Waals surface area (Å²) >= 11 is 0. The van der Waals surface area contributed by atoms with Crippen molar-refractivity contribution in [1.29, 1.82) is 0 Å². The average Bonchev–Trinajstić information content (AvgIpc) is 3.15. The summed E-state index contributed by atoms with van der Waals surface area (Å²) in [5.74, 6) is 0. The van der Waals surface area contributed by atoms with E-state index in [1.165, 1.54) is 44.8 Å². The van der Waals surface area contributed by atoms with Gasteiger partial charge in [-0.1, -0.05) is 13.0 Å². The maximum Gasteiger partial charge on any atom is 0.137 e. The minimum atomic E-state index is 0.476. The van der Waals surface area contributed by atoms with Gasteiger partial charge in [0.05, 0.1) is 5.69 Å². The number of fused-ring (bicyclic) bond motifs is 1. The summed E-state index contributed by atoms with van der Waals surface area (Å²) in [7, 11) is 0. The number of pyridine rings is 1. The van der Waals surface area contributed by atoms with Gasteiger partial charge < -0.3 is 14.6 Å². The first-order valence-electron chi connectivity index (χ1n) is 8.78. The van der Waals surface area contributed by atoms with Gasteiger partial charge in [0.15, 0.2) is 0 Å². The molecule has 2 saturated heterocycles. The quantitative estimate of drug-likeness (QED) is 0.927. The lowest BCUT2D eigenvalue weighted by molar-refractivity contribution is 0.0927. The molecule has 0 aromatic carbocycles. The van der Waals surface area contributed by atoms with Crippen molar-refractivity contribution in [1.82, 2.24) is 24.5 Å². The molecule has 5 heteroatoms. The van der Waals surface area contributed by atoms with Gasteiger partial charge >= 0.3 is 0 Å². The maximum atomic E-state index is 4.72. The van der Waals surface area contributed by atoms with Gasteiger partial charge in [0.2, 0.25) is 0 Å². The molecule has 4 rings (SSSR count). The second-order valence-corrected chi connectivity index (χ2v) is 7.49. The van der Waals surface area contributed by atoms with Gasteiger partial charge in [0.25, 0.3) is 0 Å². The summed E-state index contributed by atoms with van der Waals surface area (Å²) in [4.78, 5) is 9.90. The molecule has 2 fully saturated rings. The van der Waals surface area contributed by atoms with E-state index in [2.05, 4.69) is 51.0 Å². The van der Waals surface area contributed by atoms with E-state index in [-0.39, 0.29) is 0 Å². The molecule has 1 atom stereocenters. The molecule has 2 aliphatic rings. The van der Waals surface area contributed by atoms with Crippen molar-refractivity contribution < 1.29 is 0 Å². The zero-order valence-electron chi connectivity index (χ0n) is 14.0. The van der Waals surface area contributed by atoms with Crippen LogP contribution in [0.3, 0.4) is 0 Å². The van der Waals surface area contributed by atoms with Crippen molar-refractivity contribution in [3.8, 4) is 0 Å². The van der Waals surface area contributed by atoms with Crippen LogP contribution in [0.1, 0.15) is 19.0 Å². The molecule has 0 amide bonds. The lowest BCUT2D eigenvalue weighted by Crippen LogP contribution is -2.49. The molecular formula is C18H27N5. The Hall–Kier alpha value is -1.43. The first-order valence-corrected chi connectivity index (χ1v) is 8.78. The van der Waals surface area contributed by atoms with E-state index in [0.29, 0.717) is 5.41 Å². The fourth-order valence-corrected chi connectivity index (χ4v) is 3.94. The van der Waals surface area contributed by atoms with Gasteiger partial charge in [-0.25, -0.2) is 4.98 Å². The van der Waals surface area contributed by atoms with Crippen LogP contribution in [-0.4, -0.2) is 65.0 Å². The third-order valence-corrected chi connectivity index (χ3v) is 5.33. The molecule has 0 aliphatic carbocycles. The highest BCUT2D eigenvalue weighted by atomic mass is 15.3. The standard InChI is InChI=1S/C18H27N5/c1-18(5-6-19-14-18)15-22-10-8-21(9-11-22)12-16-13-23-7-3-2-4-17(23)20-16/h2-4,7,13,19H,5-6,8-12,14-15H2,1H3. The van der Waals surface area contributed by atoms with Crippen molar-refractivity contribution in [3.05, 3.63) is 36.3 Å². The Morgan fingerprint density at radius 3 is 2.74 bits per heavy atom. The van der Waals surface area contributed by atoms with Gasteiger partial charge in [0, 0.05) is 58.2 Å². The van der Waals surface area contributed by atoms with E-state index < -0.39 is 0 Å². The van der Waals surface area contributed by atoms with Crippen molar-refractivity contribution in [3.63, 3.8) is 0 Å². The largest absolute Gasteiger partial charge is 0.316 e. The van der Waals surface area contributed by atoms with E-state index in [9.17, 15) is 0 Å². The minimum absolute atomic E-state index is 0.476. The molecule has 2 aromatic heterocycles. The number of nitrogens with zero attached hydrogens (tertiary/aromatic N) is 4. The Kier molecular flexibility index (Phi) is 4.09. The molecule has 124 valence electrons. The number of imidazole rings is 1. The second kappa shape index (κ2) is 6.23. The fourth-order valence-electron chi connectivity index (χ4n) is 3.94. The molecule has 1 N–H and O–H groups in total. The number of nitrogens with one attached hydrogen (secondary N) is 1. The Balaban J connectivity index is 1.31. The summed E-state index contributed by atoms with van der Waals surface area (Å²) in [5, 5.41) is 3.51. The zero-order valence-corrected chi connectivity index (χ0v) is 14.0. The van der Waals surface area contributed by atoms with Crippen LogP contribution >= 0.6 is 0 Å². The smallest absolute Gasteiger partial charge is 0.137 e. The van der Waals surface area contributed by atoms with Gasteiger partial charge in [-0.15, -0.1) is 0 Å². The molecule has 0 spiro atoms. The molecule has 2 aromatic rings. The van der Waals surface area contributed by atoms with Crippen LogP contribution in [-0.2, 0) is 6.54 Å². The SMILES string of the molecule is CC1(CN2CCN(Cc3cn4ccccc4n3)CC2)CCNC1. The summed E-state index contributed by atoms with van der Waals surface area (Å²) in [6.45, 7) is 11.7. The highest BCUT2D eigenvalue weighted by molar-refractivity contribution is 5.39. The number of hydrogen-bond donors (Lipinski definition) is 1. The Morgan fingerprint density at radius 2 is 2.00 bits per heavy atom. The highest BCUT2D eigenvalue weighted by Crippen LogP contribution is 2.26. The van der Waals surface area contributed by atoms with Crippen LogP contribution in [0.2, 0.25) is 0 Å². The summed E-state index contributed by atoms with van der Waals surface area (Å²) in [6.07, 6.45) is 5.54. The molecule has 2 aliphatic heterocycles. The maximum absolute atomic E-state index is 4.72. The van der Waals surface area contributed by atoms with Gasteiger partial charge in [-0.3, -0.25) is 4.90 Å². The van der Waals surface area contributed by atoms with Crippen LogP contribution in [0.15, 0.2) is 30.6 Å². The predicted molar refractivity (Wildman–Crippen MR) is 92.5 cm³/mol. The van der Waals surface area contributed by atoms with Crippen LogP contribution < -0.4 is 5.32 Å². The molecule has 23 heavy (non-hydrogen) atoms. The Morgan fingerprint density at radius 1 is 1.17 bits per heavy atom. The lowest BCUT2D eigenvalue weighted by Gasteiger charge is -2.38. The van der Waals surface area contributed by atoms with Crippen molar-refractivity contribution in [2.75, 3.05) is 45.8 Å². The van der Waals surface area contributed by atoms with Crippen LogP contribution in [0, 0.1) is 5.41 Å². The van der Waals surface area contributed by atoms with E-state index in [4.69, 9.17) is 4.98 Å². The van der Waals surface area contributed by atoms with Crippen LogP contribution in [0.5, 0.6) is 0 Å². The fraction of sp³-hybridized carbons (Fsp3) is 0.611. The van der Waals surface area contributed by atoms with Crippen molar-refractivity contribution in [2.24, 2.45) is 5.41 Å². The second-order valence-electron chi connectivity index (χ2n) is 7.49. The molecule has 1 unspecified atom stereocenters. The number of hydrogen-bond acceptors (Lipinski definition) is 4. The summed E-state index contributed by atoms with van der Waals surface area (Å²) < 4.78 is 2.11. The van der Waals surface area contributed by atoms with Crippen LogP contribution in [0.4, 0.5) is 0 Å². The third-order valence-electron chi connectivity index (χ3n) is 5.33. The number of aromatic nitrogens is 2. The third kappa shape index (κ3) is 3.42. The number of rotatable bonds is 4. The first-order chi connectivity index (χ1) is 11.2. The van der Waals surface area contributed by atoms with E-state index in [1.807, 2.05) is 6.07 Å². The van der Waals surface area contributed by atoms with E-state index >= 15 is 0 Å². The summed E-state index contributed by atoms with van der Waals surface area (Å²) in [5.41, 5.74) is 2.70. The molecule has 0 bridgehead atoms. The first kappa shape index (κ1) is 15.1. The predicted octanol–water partition coefficient (Wildman–Crippen LogP) is 1.45.